The lowest BCUT2D eigenvalue weighted by Gasteiger charge is -2.19. The van der Waals surface area contributed by atoms with Crippen LogP contribution < -0.4 is 4.90 Å². The minimum atomic E-state index is -0.443. The van der Waals surface area contributed by atoms with E-state index in [1.165, 1.54) is 12.0 Å². The maximum atomic E-state index is 11.6. The van der Waals surface area contributed by atoms with Gasteiger partial charge in [-0.2, -0.15) is 0 Å². The fourth-order valence-corrected chi connectivity index (χ4v) is 1.04. The SMILES string of the molecule is COC(C)C(=O)N(C)c1ccccn1. The van der Waals surface area contributed by atoms with Gasteiger partial charge in [-0.3, -0.25) is 9.69 Å². The summed E-state index contributed by atoms with van der Waals surface area (Å²) in [6, 6.07) is 5.42. The summed E-state index contributed by atoms with van der Waals surface area (Å²) in [5, 5.41) is 0. The van der Waals surface area contributed by atoms with Crippen LogP contribution in [0, 0.1) is 0 Å². The topological polar surface area (TPSA) is 42.4 Å². The van der Waals surface area contributed by atoms with Crippen LogP contribution in [0.15, 0.2) is 24.4 Å². The lowest BCUT2D eigenvalue weighted by molar-refractivity contribution is -0.127. The highest BCUT2D eigenvalue weighted by molar-refractivity contribution is 5.94. The molecule has 4 nitrogen and oxygen atoms in total. The number of hydrogen-bond donors (Lipinski definition) is 0. The van der Waals surface area contributed by atoms with Gasteiger partial charge >= 0.3 is 0 Å². The van der Waals surface area contributed by atoms with Gasteiger partial charge in [0.05, 0.1) is 0 Å². The first-order chi connectivity index (χ1) is 6.66. The molecule has 76 valence electrons. The predicted octanol–water partition coefficient (Wildman–Crippen LogP) is 1.08. The van der Waals surface area contributed by atoms with Crippen molar-refractivity contribution in [3.63, 3.8) is 0 Å². The van der Waals surface area contributed by atoms with Crippen molar-refractivity contribution in [2.75, 3.05) is 19.1 Å². The molecule has 1 amide bonds. The second-order valence-corrected chi connectivity index (χ2v) is 2.96. The molecule has 14 heavy (non-hydrogen) atoms. The Bertz CT molecular complexity index is 300. The monoisotopic (exact) mass is 194 g/mol. The van der Waals surface area contributed by atoms with Crippen molar-refractivity contribution in [3.8, 4) is 0 Å². The number of ether oxygens (including phenoxy) is 1. The Balaban J connectivity index is 2.76. The van der Waals surface area contributed by atoms with Crippen LogP contribution in [0.2, 0.25) is 0 Å². The Labute approximate surface area is 83.5 Å². The fourth-order valence-electron chi connectivity index (χ4n) is 1.04. The highest BCUT2D eigenvalue weighted by Gasteiger charge is 2.18. The van der Waals surface area contributed by atoms with Crippen molar-refractivity contribution in [2.45, 2.75) is 13.0 Å². The minimum absolute atomic E-state index is 0.105. The minimum Gasteiger partial charge on any atom is -0.372 e. The molecule has 1 rings (SSSR count). The molecule has 1 heterocycles. The lowest BCUT2D eigenvalue weighted by Crippen LogP contribution is -2.36. The molecule has 0 aromatic carbocycles. The molecule has 0 N–H and O–H groups in total. The highest BCUT2D eigenvalue weighted by Crippen LogP contribution is 2.08. The van der Waals surface area contributed by atoms with Crippen molar-refractivity contribution in [3.05, 3.63) is 24.4 Å². The number of anilines is 1. The normalized spacial score (nSPS) is 12.2. The first kappa shape index (κ1) is 10.7. The number of methoxy groups -OCH3 is 1. The number of carbonyl (C=O) groups excluding carboxylic acids is 1. The van der Waals surface area contributed by atoms with E-state index in [1.807, 2.05) is 12.1 Å². The van der Waals surface area contributed by atoms with Crippen LogP contribution in [0.25, 0.3) is 0 Å². The molecule has 4 heteroatoms. The van der Waals surface area contributed by atoms with Gasteiger partial charge in [0.15, 0.2) is 0 Å². The standard InChI is InChI=1S/C10H14N2O2/c1-8(14-3)10(13)12(2)9-6-4-5-7-11-9/h4-8H,1-3H3. The molecule has 0 spiro atoms. The van der Waals surface area contributed by atoms with Gasteiger partial charge in [0, 0.05) is 20.4 Å². The number of amides is 1. The van der Waals surface area contributed by atoms with Gasteiger partial charge < -0.3 is 4.74 Å². The molecule has 0 aliphatic carbocycles. The number of pyridine rings is 1. The van der Waals surface area contributed by atoms with Gasteiger partial charge in [-0.05, 0) is 19.1 Å². The van der Waals surface area contributed by atoms with E-state index in [2.05, 4.69) is 4.98 Å². The van der Waals surface area contributed by atoms with E-state index in [0.29, 0.717) is 5.82 Å². The Morgan fingerprint density at radius 1 is 1.57 bits per heavy atom. The maximum Gasteiger partial charge on any atom is 0.256 e. The largest absolute Gasteiger partial charge is 0.372 e. The summed E-state index contributed by atoms with van der Waals surface area (Å²) in [5.74, 6) is 0.521. The molecule has 1 aromatic heterocycles. The third kappa shape index (κ3) is 2.29. The van der Waals surface area contributed by atoms with Crippen LogP contribution in [0.1, 0.15) is 6.92 Å². The first-order valence-corrected chi connectivity index (χ1v) is 4.38. The van der Waals surface area contributed by atoms with Gasteiger partial charge in [0.25, 0.3) is 5.91 Å². The molecule has 0 bridgehead atoms. The van der Waals surface area contributed by atoms with Crippen LogP contribution in [-0.4, -0.2) is 31.2 Å². The Hall–Kier alpha value is -1.42. The zero-order valence-electron chi connectivity index (χ0n) is 8.60. The number of likely N-dealkylation sites (N-methyl/N-ethyl adjacent to an activating group) is 1. The molecule has 1 atom stereocenters. The molecule has 0 saturated heterocycles. The summed E-state index contributed by atoms with van der Waals surface area (Å²) in [6.07, 6.45) is 1.21. The molecule has 1 unspecified atom stereocenters. The van der Waals surface area contributed by atoms with Crippen LogP contribution in [0.3, 0.4) is 0 Å². The fraction of sp³-hybridized carbons (Fsp3) is 0.400. The molecule has 0 fully saturated rings. The summed E-state index contributed by atoms with van der Waals surface area (Å²) >= 11 is 0. The average Bonchev–Trinajstić information content (AvgIpc) is 2.27. The van der Waals surface area contributed by atoms with Crippen molar-refractivity contribution in [1.82, 2.24) is 4.98 Å². The van der Waals surface area contributed by atoms with Crippen molar-refractivity contribution in [1.29, 1.82) is 0 Å². The van der Waals surface area contributed by atoms with E-state index in [4.69, 9.17) is 4.74 Å². The lowest BCUT2D eigenvalue weighted by atomic mass is 10.3. The third-order valence-electron chi connectivity index (χ3n) is 2.02. The molecular weight excluding hydrogens is 180 g/mol. The van der Waals surface area contributed by atoms with Gasteiger partial charge in [0.2, 0.25) is 0 Å². The summed E-state index contributed by atoms with van der Waals surface area (Å²) < 4.78 is 4.94. The number of nitrogens with zero attached hydrogens (tertiary/aromatic N) is 2. The maximum absolute atomic E-state index is 11.6. The Kier molecular flexibility index (Phi) is 3.59. The molecule has 1 aromatic rings. The third-order valence-corrected chi connectivity index (χ3v) is 2.02. The smallest absolute Gasteiger partial charge is 0.256 e. The second kappa shape index (κ2) is 4.72. The van der Waals surface area contributed by atoms with Gasteiger partial charge in [-0.1, -0.05) is 6.07 Å². The number of aromatic nitrogens is 1. The quantitative estimate of drug-likeness (QED) is 0.723. The van der Waals surface area contributed by atoms with E-state index in [-0.39, 0.29) is 5.91 Å². The Morgan fingerprint density at radius 3 is 2.79 bits per heavy atom. The number of rotatable bonds is 3. The molecular formula is C10H14N2O2. The average molecular weight is 194 g/mol. The van der Waals surface area contributed by atoms with E-state index < -0.39 is 6.10 Å². The van der Waals surface area contributed by atoms with Crippen molar-refractivity contribution in [2.24, 2.45) is 0 Å². The van der Waals surface area contributed by atoms with Gasteiger partial charge in [0.1, 0.15) is 11.9 Å². The zero-order valence-corrected chi connectivity index (χ0v) is 8.60. The zero-order chi connectivity index (χ0) is 10.6. The van der Waals surface area contributed by atoms with E-state index in [1.54, 1.807) is 26.2 Å². The summed E-state index contributed by atoms with van der Waals surface area (Å²) in [4.78, 5) is 17.2. The summed E-state index contributed by atoms with van der Waals surface area (Å²) in [7, 11) is 3.19. The van der Waals surface area contributed by atoms with Crippen LogP contribution >= 0.6 is 0 Å². The van der Waals surface area contributed by atoms with E-state index in [9.17, 15) is 4.79 Å². The summed E-state index contributed by atoms with van der Waals surface area (Å²) in [6.45, 7) is 1.71. The highest BCUT2D eigenvalue weighted by atomic mass is 16.5. The van der Waals surface area contributed by atoms with Crippen LogP contribution in [0.5, 0.6) is 0 Å². The van der Waals surface area contributed by atoms with E-state index in [0.717, 1.165) is 0 Å². The van der Waals surface area contributed by atoms with E-state index >= 15 is 0 Å². The second-order valence-electron chi connectivity index (χ2n) is 2.96. The Morgan fingerprint density at radius 2 is 2.29 bits per heavy atom. The van der Waals surface area contributed by atoms with Gasteiger partial charge in [-0.15, -0.1) is 0 Å². The van der Waals surface area contributed by atoms with Crippen molar-refractivity contribution >= 4 is 11.7 Å². The van der Waals surface area contributed by atoms with Gasteiger partial charge in [-0.25, -0.2) is 4.98 Å². The molecule has 0 saturated carbocycles. The van der Waals surface area contributed by atoms with Crippen LogP contribution in [0.4, 0.5) is 5.82 Å². The molecule has 0 aliphatic heterocycles. The predicted molar refractivity (Wildman–Crippen MR) is 54.1 cm³/mol. The first-order valence-electron chi connectivity index (χ1n) is 4.38. The number of carbonyl (C=O) groups is 1. The van der Waals surface area contributed by atoms with Crippen LogP contribution in [-0.2, 0) is 9.53 Å². The molecule has 0 aliphatic rings. The van der Waals surface area contributed by atoms with Crippen molar-refractivity contribution < 1.29 is 9.53 Å². The molecule has 0 radical (unpaired) electrons. The summed E-state index contributed by atoms with van der Waals surface area (Å²) in [5.41, 5.74) is 0. The number of hydrogen-bond acceptors (Lipinski definition) is 3.